The van der Waals surface area contributed by atoms with Gasteiger partial charge in [0, 0.05) is 18.0 Å². The molecule has 0 aliphatic carbocycles. The Hall–Kier alpha value is -3.51. The van der Waals surface area contributed by atoms with E-state index in [1.807, 2.05) is 77.7 Å². The normalized spacial score (nSPS) is 14.3. The van der Waals surface area contributed by atoms with Crippen molar-refractivity contribution >= 4 is 39.1 Å². The van der Waals surface area contributed by atoms with Crippen molar-refractivity contribution in [3.8, 4) is 10.4 Å². The number of nitrogens with one attached hydrogen (secondary N) is 1. The van der Waals surface area contributed by atoms with E-state index in [9.17, 15) is 9.59 Å². The summed E-state index contributed by atoms with van der Waals surface area (Å²) in [5.41, 5.74) is 2.12. The lowest BCUT2D eigenvalue weighted by atomic mass is 10.1. The van der Waals surface area contributed by atoms with Crippen LogP contribution >= 0.6 is 11.3 Å². The average molecular weight is 428 g/mol. The topological polar surface area (TPSA) is 66.1 Å². The molecule has 154 valence electrons. The number of thiophene rings is 1. The van der Waals surface area contributed by atoms with E-state index in [1.165, 1.54) is 11.3 Å². The highest BCUT2D eigenvalue weighted by Crippen LogP contribution is 2.31. The summed E-state index contributed by atoms with van der Waals surface area (Å²) in [6.07, 6.45) is 3.81. The molecule has 1 fully saturated rings. The molecule has 1 amide bonds. The van der Waals surface area contributed by atoms with Gasteiger partial charge in [-0.05, 0) is 36.1 Å². The van der Waals surface area contributed by atoms with Crippen LogP contribution < -0.4 is 5.56 Å². The molecule has 31 heavy (non-hydrogen) atoms. The van der Waals surface area contributed by atoms with Crippen molar-refractivity contribution in [2.45, 2.75) is 12.8 Å². The first kappa shape index (κ1) is 19.5. The van der Waals surface area contributed by atoms with Crippen molar-refractivity contribution < 1.29 is 4.79 Å². The van der Waals surface area contributed by atoms with Gasteiger partial charge in [0.15, 0.2) is 0 Å². The first-order chi connectivity index (χ1) is 15.2. The van der Waals surface area contributed by atoms with E-state index < -0.39 is 0 Å². The summed E-state index contributed by atoms with van der Waals surface area (Å²) < 4.78 is 0. The number of likely N-dealkylation sites (tertiary alicyclic amines) is 1. The maximum Gasteiger partial charge on any atom is 0.259 e. The van der Waals surface area contributed by atoms with E-state index in [1.54, 1.807) is 0 Å². The fourth-order valence-electron chi connectivity index (χ4n) is 3.84. The Labute approximate surface area is 183 Å². The molecule has 5 nitrogen and oxygen atoms in total. The Morgan fingerprint density at radius 1 is 1.00 bits per heavy atom. The third-order valence-corrected chi connectivity index (χ3v) is 6.53. The van der Waals surface area contributed by atoms with Crippen LogP contribution in [0.3, 0.4) is 0 Å². The first-order valence-electron chi connectivity index (χ1n) is 10.3. The number of carbonyl (C=O) groups excluding carboxylic acids is 1. The minimum atomic E-state index is -0.230. The summed E-state index contributed by atoms with van der Waals surface area (Å²) in [5.74, 6) is 0.225. The number of fused-ring (bicyclic) bond motifs is 1. The molecular formula is C25H21N3O2S. The Bertz CT molecular complexity index is 1320. The van der Waals surface area contributed by atoms with Gasteiger partial charge >= 0.3 is 0 Å². The number of amides is 1. The quantitative estimate of drug-likeness (QED) is 0.475. The van der Waals surface area contributed by atoms with Crippen LogP contribution in [0.25, 0.3) is 32.3 Å². The second-order valence-corrected chi connectivity index (χ2v) is 8.61. The summed E-state index contributed by atoms with van der Waals surface area (Å²) in [6.45, 7) is 1.46. The van der Waals surface area contributed by atoms with Crippen LogP contribution in [0, 0.1) is 0 Å². The van der Waals surface area contributed by atoms with Crippen LogP contribution in [0.5, 0.6) is 0 Å². The minimum absolute atomic E-state index is 0.0938. The van der Waals surface area contributed by atoms with Gasteiger partial charge in [-0.1, -0.05) is 60.7 Å². The lowest BCUT2D eigenvalue weighted by molar-refractivity contribution is -0.123. The number of nitrogens with zero attached hydrogens (tertiary/aromatic N) is 2. The highest BCUT2D eigenvalue weighted by Gasteiger charge is 2.25. The lowest BCUT2D eigenvalue weighted by Gasteiger charge is -2.17. The molecular weight excluding hydrogens is 406 g/mol. The maximum absolute atomic E-state index is 13.3. The molecule has 1 aliphatic rings. The highest BCUT2D eigenvalue weighted by atomic mass is 32.1. The Kier molecular flexibility index (Phi) is 5.22. The molecule has 4 aromatic rings. The molecule has 0 spiro atoms. The number of rotatable bonds is 4. The number of benzene rings is 2. The van der Waals surface area contributed by atoms with Gasteiger partial charge in [0.25, 0.3) is 11.5 Å². The predicted molar refractivity (Wildman–Crippen MR) is 126 cm³/mol. The third-order valence-electron chi connectivity index (χ3n) is 5.45. The van der Waals surface area contributed by atoms with Crippen LogP contribution in [0.1, 0.15) is 24.2 Å². The fraction of sp³-hybridized carbons (Fsp3) is 0.160. The Morgan fingerprint density at radius 3 is 2.39 bits per heavy atom. The number of aromatic amines is 1. The van der Waals surface area contributed by atoms with E-state index in [0.29, 0.717) is 21.6 Å². The molecule has 0 radical (unpaired) electrons. The van der Waals surface area contributed by atoms with Crippen molar-refractivity contribution in [3.05, 3.63) is 88.5 Å². The van der Waals surface area contributed by atoms with Gasteiger partial charge in [0.1, 0.15) is 10.7 Å². The molecule has 2 aromatic carbocycles. The first-order valence-corrected chi connectivity index (χ1v) is 11.2. The Morgan fingerprint density at radius 2 is 1.68 bits per heavy atom. The van der Waals surface area contributed by atoms with Crippen LogP contribution in [0.15, 0.2) is 71.5 Å². The fourth-order valence-corrected chi connectivity index (χ4v) is 4.88. The molecule has 5 rings (SSSR count). The van der Waals surface area contributed by atoms with Gasteiger partial charge in [-0.15, -0.1) is 11.3 Å². The minimum Gasteiger partial charge on any atom is -0.339 e. The maximum atomic E-state index is 13.3. The molecule has 3 heterocycles. The van der Waals surface area contributed by atoms with Gasteiger partial charge in [-0.25, -0.2) is 4.98 Å². The van der Waals surface area contributed by atoms with Crippen molar-refractivity contribution in [2.24, 2.45) is 0 Å². The molecule has 0 saturated carbocycles. The second-order valence-electron chi connectivity index (χ2n) is 7.58. The summed E-state index contributed by atoms with van der Waals surface area (Å²) >= 11 is 1.46. The number of hydrogen-bond acceptors (Lipinski definition) is 4. The van der Waals surface area contributed by atoms with Gasteiger partial charge < -0.3 is 9.88 Å². The molecule has 0 bridgehead atoms. The molecule has 2 aromatic heterocycles. The van der Waals surface area contributed by atoms with Crippen LogP contribution in [-0.2, 0) is 4.79 Å². The largest absolute Gasteiger partial charge is 0.339 e. The molecule has 6 heteroatoms. The van der Waals surface area contributed by atoms with Crippen LogP contribution in [-0.4, -0.2) is 33.9 Å². The molecule has 1 aliphatic heterocycles. The molecule has 1 N–H and O–H groups in total. The zero-order valence-corrected chi connectivity index (χ0v) is 17.7. The number of H-pyrrole nitrogens is 1. The summed E-state index contributed by atoms with van der Waals surface area (Å²) in [7, 11) is 0. The summed E-state index contributed by atoms with van der Waals surface area (Å²) in [6, 6.07) is 21.5. The second kappa shape index (κ2) is 8.32. The molecule has 1 saturated heterocycles. The highest BCUT2D eigenvalue weighted by molar-refractivity contribution is 7.21. The zero-order chi connectivity index (χ0) is 21.2. The number of hydrogen-bond donors (Lipinski definition) is 1. The average Bonchev–Trinajstić information content (AvgIpc) is 3.49. The number of aromatic nitrogens is 2. The van der Waals surface area contributed by atoms with E-state index in [2.05, 4.69) is 4.98 Å². The van der Waals surface area contributed by atoms with Gasteiger partial charge in [0.2, 0.25) is 0 Å². The van der Waals surface area contributed by atoms with E-state index in [0.717, 1.165) is 41.9 Å². The monoisotopic (exact) mass is 427 g/mol. The van der Waals surface area contributed by atoms with Crippen LogP contribution in [0.2, 0.25) is 0 Å². The number of carbonyl (C=O) groups is 1. The SMILES string of the molecule is O=C(C(=Cc1ccccc1)c1nc2sc(-c3ccccc3)cc2c(=O)[nH]1)N1CCCC1. The predicted octanol–water partition coefficient (Wildman–Crippen LogP) is 4.81. The van der Waals surface area contributed by atoms with Crippen molar-refractivity contribution in [2.75, 3.05) is 13.1 Å². The van der Waals surface area contributed by atoms with E-state index in [-0.39, 0.29) is 11.5 Å². The van der Waals surface area contributed by atoms with Crippen molar-refractivity contribution in [1.82, 2.24) is 14.9 Å². The summed E-state index contributed by atoms with van der Waals surface area (Å²) in [5, 5.41) is 0.542. The van der Waals surface area contributed by atoms with Gasteiger partial charge in [-0.2, -0.15) is 0 Å². The zero-order valence-electron chi connectivity index (χ0n) is 16.9. The Balaban J connectivity index is 1.63. The lowest BCUT2D eigenvalue weighted by Crippen LogP contribution is -2.29. The standard InChI is InChI=1S/C25H21N3O2S/c29-23-20-16-21(18-11-5-2-6-12-18)31-24(20)27-22(26-23)19(15-17-9-3-1-4-10-17)25(30)28-13-7-8-14-28/h1-6,9-12,15-16H,7-8,13-14H2,(H,26,27,29). The smallest absolute Gasteiger partial charge is 0.259 e. The van der Waals surface area contributed by atoms with Crippen molar-refractivity contribution in [1.29, 1.82) is 0 Å². The molecule has 0 unspecified atom stereocenters. The van der Waals surface area contributed by atoms with E-state index >= 15 is 0 Å². The van der Waals surface area contributed by atoms with E-state index in [4.69, 9.17) is 4.98 Å². The van der Waals surface area contributed by atoms with Gasteiger partial charge in [-0.3, -0.25) is 9.59 Å². The van der Waals surface area contributed by atoms with Gasteiger partial charge in [0.05, 0.1) is 11.0 Å². The third kappa shape index (κ3) is 3.94. The van der Waals surface area contributed by atoms with Crippen LogP contribution in [0.4, 0.5) is 0 Å². The molecule has 0 atom stereocenters. The summed E-state index contributed by atoms with van der Waals surface area (Å²) in [4.78, 5) is 37.3. The van der Waals surface area contributed by atoms with Crippen molar-refractivity contribution in [3.63, 3.8) is 0 Å².